The molecule has 8 nitrogen and oxygen atoms in total. The fraction of sp³-hybridized carbons (Fsp3) is 0.588. The van der Waals surface area contributed by atoms with Crippen LogP contribution in [0.4, 0.5) is 17.6 Å². The van der Waals surface area contributed by atoms with Gasteiger partial charge < -0.3 is 20.7 Å². The van der Waals surface area contributed by atoms with E-state index in [1.807, 2.05) is 23.1 Å². The summed E-state index contributed by atoms with van der Waals surface area (Å²) in [7, 11) is 0. The van der Waals surface area contributed by atoms with Crippen molar-refractivity contribution in [2.24, 2.45) is 0 Å². The van der Waals surface area contributed by atoms with Crippen LogP contribution in [-0.2, 0) is 11.3 Å². The van der Waals surface area contributed by atoms with Crippen molar-refractivity contribution in [3.63, 3.8) is 0 Å². The van der Waals surface area contributed by atoms with E-state index in [9.17, 15) is 0 Å². The summed E-state index contributed by atoms with van der Waals surface area (Å²) in [5.74, 6) is 1.90. The number of aromatic nitrogens is 4. The average Bonchev–Trinajstić information content (AvgIpc) is 3.11. The lowest BCUT2D eigenvalue weighted by Crippen LogP contribution is -2.39. The molecule has 1 aliphatic heterocycles. The Morgan fingerprint density at radius 3 is 3.00 bits per heavy atom. The van der Waals surface area contributed by atoms with Gasteiger partial charge in [-0.1, -0.05) is 13.3 Å². The van der Waals surface area contributed by atoms with Gasteiger partial charge in [0.05, 0.1) is 12.8 Å². The number of nitrogens with one attached hydrogen (secondary N) is 1. The number of anilines is 3. The first-order chi connectivity index (χ1) is 12.2. The van der Waals surface area contributed by atoms with Gasteiger partial charge in [0, 0.05) is 44.0 Å². The summed E-state index contributed by atoms with van der Waals surface area (Å²) in [5.41, 5.74) is 7.00. The van der Waals surface area contributed by atoms with Crippen molar-refractivity contribution in [3.8, 4) is 0 Å². The molecule has 0 spiro atoms. The first kappa shape index (κ1) is 17.5. The highest BCUT2D eigenvalue weighted by atomic mass is 16.5. The molecular formula is C17H27N7O. The average molecular weight is 345 g/mol. The monoisotopic (exact) mass is 345 g/mol. The molecule has 3 rings (SSSR count). The summed E-state index contributed by atoms with van der Waals surface area (Å²) in [6.07, 6.45) is 6.14. The highest BCUT2D eigenvalue weighted by Gasteiger charge is 2.24. The van der Waals surface area contributed by atoms with E-state index in [0.717, 1.165) is 56.2 Å². The van der Waals surface area contributed by atoms with Gasteiger partial charge in [-0.3, -0.25) is 4.68 Å². The van der Waals surface area contributed by atoms with Crippen LogP contribution in [0, 0.1) is 0 Å². The van der Waals surface area contributed by atoms with E-state index < -0.39 is 0 Å². The number of rotatable bonds is 7. The normalized spacial score (nSPS) is 17.7. The lowest BCUT2D eigenvalue weighted by Gasteiger charge is -2.33. The lowest BCUT2D eigenvalue weighted by molar-refractivity contribution is 0.0395. The highest BCUT2D eigenvalue weighted by molar-refractivity contribution is 5.53. The Morgan fingerprint density at radius 1 is 1.36 bits per heavy atom. The van der Waals surface area contributed by atoms with Crippen molar-refractivity contribution < 1.29 is 4.74 Å². The molecule has 1 saturated heterocycles. The number of hydrogen-bond donors (Lipinski definition) is 2. The molecular weight excluding hydrogens is 318 g/mol. The Labute approximate surface area is 148 Å². The number of aryl methyl sites for hydroxylation is 1. The minimum absolute atomic E-state index is 0.0123. The van der Waals surface area contributed by atoms with E-state index in [2.05, 4.69) is 39.1 Å². The van der Waals surface area contributed by atoms with Gasteiger partial charge in [0.2, 0.25) is 5.95 Å². The lowest BCUT2D eigenvalue weighted by atomic mass is 10.1. The summed E-state index contributed by atoms with van der Waals surface area (Å²) in [5, 5.41) is 7.66. The zero-order chi connectivity index (χ0) is 17.6. The van der Waals surface area contributed by atoms with Crippen LogP contribution >= 0.6 is 0 Å². The molecule has 3 N–H and O–H groups in total. The molecule has 2 aromatic rings. The van der Waals surface area contributed by atoms with Crippen LogP contribution in [0.2, 0.25) is 0 Å². The van der Waals surface area contributed by atoms with Crippen LogP contribution in [0.25, 0.3) is 0 Å². The first-order valence-corrected chi connectivity index (χ1v) is 8.97. The van der Waals surface area contributed by atoms with Crippen LogP contribution in [0.1, 0.15) is 38.4 Å². The number of nitrogens with zero attached hydrogens (tertiary/aromatic N) is 5. The second-order valence-corrected chi connectivity index (χ2v) is 6.18. The summed E-state index contributed by atoms with van der Waals surface area (Å²) in [6.45, 7) is 8.12. The van der Waals surface area contributed by atoms with E-state index in [0.29, 0.717) is 12.6 Å². The van der Waals surface area contributed by atoms with Crippen molar-refractivity contribution in [2.45, 2.75) is 39.3 Å². The quantitative estimate of drug-likeness (QED) is 0.742. The molecule has 0 aliphatic carbocycles. The molecule has 3 heterocycles. The van der Waals surface area contributed by atoms with Crippen molar-refractivity contribution in [1.82, 2.24) is 19.7 Å². The Balaban J connectivity index is 1.72. The minimum Gasteiger partial charge on any atom is -0.370 e. The zero-order valence-electron chi connectivity index (χ0n) is 15.0. The minimum atomic E-state index is -0.0123. The second-order valence-electron chi connectivity index (χ2n) is 6.18. The fourth-order valence-corrected chi connectivity index (χ4v) is 2.88. The maximum absolute atomic E-state index is 5.93. The predicted molar refractivity (Wildman–Crippen MR) is 98.6 cm³/mol. The van der Waals surface area contributed by atoms with Crippen molar-refractivity contribution in [2.75, 3.05) is 42.2 Å². The Bertz CT molecular complexity index is 687. The number of nitrogens with two attached hydrogens (primary N) is 1. The summed E-state index contributed by atoms with van der Waals surface area (Å²) in [4.78, 5) is 10.9. The van der Waals surface area contributed by atoms with E-state index >= 15 is 0 Å². The molecule has 8 heteroatoms. The molecule has 0 unspecified atom stereocenters. The molecule has 0 aromatic carbocycles. The standard InChI is InChI=1S/C17H27N7O/c1-3-5-6-19-15-9-16(22-17(18)21-15)23-7-8-25-14(12-23)13-10-20-24(4-2)11-13/h9-11,14H,3-8,12H2,1-2H3,(H3,18,19,21,22)/t14-/m0/s1. The number of unbranched alkanes of at least 4 members (excludes halogenated alkanes) is 1. The molecule has 0 saturated carbocycles. The van der Waals surface area contributed by atoms with Gasteiger partial charge >= 0.3 is 0 Å². The number of hydrogen-bond acceptors (Lipinski definition) is 7. The number of nitrogen functional groups attached to an aromatic ring is 1. The molecule has 1 fully saturated rings. The van der Waals surface area contributed by atoms with Crippen LogP contribution < -0.4 is 16.0 Å². The molecule has 136 valence electrons. The Kier molecular flexibility index (Phi) is 5.70. The predicted octanol–water partition coefficient (Wildman–Crippen LogP) is 2.07. The van der Waals surface area contributed by atoms with E-state index in [1.54, 1.807) is 0 Å². The SMILES string of the molecule is CCCCNc1cc(N2CCO[C@H](c3cnn(CC)c3)C2)nc(N)n1. The zero-order valence-corrected chi connectivity index (χ0v) is 15.0. The fourth-order valence-electron chi connectivity index (χ4n) is 2.88. The second kappa shape index (κ2) is 8.15. The summed E-state index contributed by atoms with van der Waals surface area (Å²) >= 11 is 0. The Hall–Kier alpha value is -2.35. The number of morpholine rings is 1. The molecule has 2 aromatic heterocycles. The molecule has 25 heavy (non-hydrogen) atoms. The van der Waals surface area contributed by atoms with Gasteiger partial charge in [-0.05, 0) is 13.3 Å². The van der Waals surface area contributed by atoms with Gasteiger partial charge in [-0.15, -0.1) is 0 Å². The molecule has 0 radical (unpaired) electrons. The van der Waals surface area contributed by atoms with Gasteiger partial charge in [-0.25, -0.2) is 0 Å². The molecule has 0 bridgehead atoms. The maximum Gasteiger partial charge on any atom is 0.223 e. The topological polar surface area (TPSA) is 94.1 Å². The number of ether oxygens (including phenoxy) is 1. The first-order valence-electron chi connectivity index (χ1n) is 8.97. The van der Waals surface area contributed by atoms with Gasteiger partial charge in [0.15, 0.2) is 0 Å². The van der Waals surface area contributed by atoms with Crippen molar-refractivity contribution in [3.05, 3.63) is 24.0 Å². The van der Waals surface area contributed by atoms with Crippen LogP contribution in [0.3, 0.4) is 0 Å². The van der Waals surface area contributed by atoms with E-state index in [4.69, 9.17) is 10.5 Å². The van der Waals surface area contributed by atoms with Crippen LogP contribution in [0.5, 0.6) is 0 Å². The maximum atomic E-state index is 5.93. The molecule has 1 aliphatic rings. The Morgan fingerprint density at radius 2 is 2.24 bits per heavy atom. The third kappa shape index (κ3) is 4.39. The third-order valence-corrected chi connectivity index (χ3v) is 4.31. The largest absolute Gasteiger partial charge is 0.370 e. The van der Waals surface area contributed by atoms with E-state index in [-0.39, 0.29) is 6.10 Å². The van der Waals surface area contributed by atoms with E-state index in [1.165, 1.54) is 0 Å². The van der Waals surface area contributed by atoms with Crippen LogP contribution in [-0.4, -0.2) is 46.0 Å². The van der Waals surface area contributed by atoms with Gasteiger partial charge in [0.25, 0.3) is 0 Å². The molecule has 0 amide bonds. The van der Waals surface area contributed by atoms with Gasteiger partial charge in [0.1, 0.15) is 17.7 Å². The summed E-state index contributed by atoms with van der Waals surface area (Å²) < 4.78 is 7.84. The molecule has 1 atom stereocenters. The smallest absolute Gasteiger partial charge is 0.223 e. The van der Waals surface area contributed by atoms with Crippen molar-refractivity contribution >= 4 is 17.6 Å². The van der Waals surface area contributed by atoms with Crippen LogP contribution in [0.15, 0.2) is 18.5 Å². The van der Waals surface area contributed by atoms with Gasteiger partial charge in [-0.2, -0.15) is 15.1 Å². The van der Waals surface area contributed by atoms with Crippen molar-refractivity contribution in [1.29, 1.82) is 0 Å². The highest BCUT2D eigenvalue weighted by Crippen LogP contribution is 2.26. The summed E-state index contributed by atoms with van der Waals surface area (Å²) in [6, 6.07) is 1.96. The third-order valence-electron chi connectivity index (χ3n) is 4.31.